The second-order valence-corrected chi connectivity index (χ2v) is 12.9. The lowest BCUT2D eigenvalue weighted by atomic mass is 9.69. The van der Waals surface area contributed by atoms with Crippen molar-refractivity contribution < 1.29 is 13.9 Å². The second-order valence-electron chi connectivity index (χ2n) is 12.9. The van der Waals surface area contributed by atoms with Gasteiger partial charge in [0.2, 0.25) is 0 Å². The summed E-state index contributed by atoms with van der Waals surface area (Å²) in [4.78, 5) is 12.8. The quantitative estimate of drug-likeness (QED) is 0.218. The maximum absolute atomic E-state index is 14.8. The van der Waals surface area contributed by atoms with Crippen LogP contribution in [0.5, 0.6) is 5.75 Å². The fourth-order valence-corrected chi connectivity index (χ4v) is 7.84. The molecular weight excluding hydrogens is 459 g/mol. The lowest BCUT2D eigenvalue weighted by molar-refractivity contribution is -0.140. The van der Waals surface area contributed by atoms with Gasteiger partial charge in [-0.1, -0.05) is 90.5 Å². The Kier molecular flexibility index (Phi) is 11.4. The van der Waals surface area contributed by atoms with Crippen molar-refractivity contribution in [3.05, 3.63) is 29.6 Å². The highest BCUT2D eigenvalue weighted by molar-refractivity contribution is 5.75. The topological polar surface area (TPSA) is 26.3 Å². The van der Waals surface area contributed by atoms with Crippen LogP contribution in [0.4, 0.5) is 4.39 Å². The van der Waals surface area contributed by atoms with Gasteiger partial charge >= 0.3 is 5.97 Å². The number of rotatable bonds is 11. The standard InChI is InChI=1S/C34H53FO2/c1-3-5-7-26-8-10-27(11-9-26)14-17-30-22-23-32(24-33(30)35)37-34(36)31-20-18-29(19-21-31)28-15-12-25(6-4-2)13-16-28/h22-29,31H,3-21H2,1-2H3. The minimum absolute atomic E-state index is 0.0251. The number of esters is 1. The van der Waals surface area contributed by atoms with Crippen LogP contribution in [0.2, 0.25) is 0 Å². The van der Waals surface area contributed by atoms with Gasteiger partial charge in [-0.15, -0.1) is 0 Å². The van der Waals surface area contributed by atoms with Crippen molar-refractivity contribution in [3.8, 4) is 5.75 Å². The molecule has 0 bridgehead atoms. The van der Waals surface area contributed by atoms with Crippen molar-refractivity contribution in [2.45, 2.75) is 136 Å². The average Bonchev–Trinajstić information content (AvgIpc) is 2.93. The average molecular weight is 513 g/mol. The number of ether oxygens (including phenoxy) is 1. The van der Waals surface area contributed by atoms with E-state index >= 15 is 0 Å². The minimum atomic E-state index is -0.218. The first-order valence-corrected chi connectivity index (χ1v) is 16.1. The number of benzene rings is 1. The van der Waals surface area contributed by atoms with Crippen molar-refractivity contribution in [3.63, 3.8) is 0 Å². The SMILES string of the molecule is CCCCC1CCC(CCc2ccc(OC(=O)C3CCC(C4CCC(CCC)CC4)CC3)cc2F)CC1. The summed E-state index contributed by atoms with van der Waals surface area (Å²) in [7, 11) is 0. The summed E-state index contributed by atoms with van der Waals surface area (Å²) in [5.74, 6) is 4.23. The summed E-state index contributed by atoms with van der Waals surface area (Å²) < 4.78 is 20.5. The summed E-state index contributed by atoms with van der Waals surface area (Å²) in [5, 5.41) is 0. The molecule has 0 amide bonds. The third-order valence-corrected chi connectivity index (χ3v) is 10.4. The molecule has 1 aromatic rings. The smallest absolute Gasteiger partial charge is 0.314 e. The van der Waals surface area contributed by atoms with Gasteiger partial charge in [0, 0.05) is 6.07 Å². The van der Waals surface area contributed by atoms with Crippen LogP contribution in [0.1, 0.15) is 135 Å². The molecule has 3 heteroatoms. The van der Waals surface area contributed by atoms with E-state index in [4.69, 9.17) is 4.74 Å². The number of hydrogen-bond acceptors (Lipinski definition) is 2. The van der Waals surface area contributed by atoms with Crippen LogP contribution in [0.15, 0.2) is 18.2 Å². The predicted molar refractivity (Wildman–Crippen MR) is 151 cm³/mol. The summed E-state index contributed by atoms with van der Waals surface area (Å²) in [6, 6.07) is 5.09. The highest BCUT2D eigenvalue weighted by atomic mass is 19.1. The van der Waals surface area contributed by atoms with Gasteiger partial charge in [-0.05, 0) is 92.6 Å². The van der Waals surface area contributed by atoms with E-state index in [1.165, 1.54) is 89.5 Å². The van der Waals surface area contributed by atoms with E-state index in [9.17, 15) is 9.18 Å². The molecule has 3 fully saturated rings. The van der Waals surface area contributed by atoms with E-state index in [1.54, 1.807) is 6.07 Å². The van der Waals surface area contributed by atoms with Gasteiger partial charge in [-0.25, -0.2) is 4.39 Å². The summed E-state index contributed by atoms with van der Waals surface area (Å²) >= 11 is 0. The maximum Gasteiger partial charge on any atom is 0.314 e. The summed E-state index contributed by atoms with van der Waals surface area (Å²) in [6.45, 7) is 4.58. The minimum Gasteiger partial charge on any atom is -0.426 e. The molecule has 3 aliphatic rings. The molecule has 0 saturated heterocycles. The number of unbranched alkanes of at least 4 members (excludes halogenated alkanes) is 1. The van der Waals surface area contributed by atoms with Crippen molar-refractivity contribution in [1.82, 2.24) is 0 Å². The van der Waals surface area contributed by atoms with E-state index < -0.39 is 0 Å². The molecule has 3 aliphatic carbocycles. The van der Waals surface area contributed by atoms with Gasteiger partial charge in [0.25, 0.3) is 0 Å². The van der Waals surface area contributed by atoms with Gasteiger partial charge in [0.15, 0.2) is 0 Å². The highest BCUT2D eigenvalue weighted by Crippen LogP contribution is 2.42. The Balaban J connectivity index is 1.16. The molecule has 0 spiro atoms. The van der Waals surface area contributed by atoms with E-state index in [1.807, 2.05) is 6.07 Å². The van der Waals surface area contributed by atoms with E-state index in [2.05, 4.69) is 13.8 Å². The largest absolute Gasteiger partial charge is 0.426 e. The van der Waals surface area contributed by atoms with Crippen molar-refractivity contribution >= 4 is 5.97 Å². The lowest BCUT2D eigenvalue weighted by Gasteiger charge is -2.37. The zero-order chi connectivity index (χ0) is 26.0. The van der Waals surface area contributed by atoms with Crippen LogP contribution in [0, 0.1) is 41.3 Å². The third-order valence-electron chi connectivity index (χ3n) is 10.4. The molecule has 4 rings (SSSR count). The molecule has 0 radical (unpaired) electrons. The molecule has 208 valence electrons. The number of carbonyl (C=O) groups is 1. The molecule has 0 N–H and O–H groups in total. The molecule has 37 heavy (non-hydrogen) atoms. The van der Waals surface area contributed by atoms with Crippen LogP contribution in [0.25, 0.3) is 0 Å². The molecular formula is C34H53FO2. The first kappa shape index (κ1) is 28.6. The molecule has 0 aromatic heterocycles. The first-order valence-electron chi connectivity index (χ1n) is 16.1. The van der Waals surface area contributed by atoms with E-state index in [-0.39, 0.29) is 17.7 Å². The van der Waals surface area contributed by atoms with Gasteiger partial charge in [-0.3, -0.25) is 4.79 Å². The normalized spacial score (nSPS) is 30.7. The van der Waals surface area contributed by atoms with Crippen molar-refractivity contribution in [1.29, 1.82) is 0 Å². The molecule has 3 saturated carbocycles. The van der Waals surface area contributed by atoms with Gasteiger partial charge in [0.05, 0.1) is 5.92 Å². The van der Waals surface area contributed by atoms with Crippen LogP contribution >= 0.6 is 0 Å². The first-order chi connectivity index (χ1) is 18.1. The third kappa shape index (κ3) is 8.56. The molecule has 2 nitrogen and oxygen atoms in total. The molecule has 0 unspecified atom stereocenters. The van der Waals surface area contributed by atoms with Gasteiger partial charge in [-0.2, -0.15) is 0 Å². The Morgan fingerprint density at radius 2 is 1.32 bits per heavy atom. The van der Waals surface area contributed by atoms with E-state index in [0.717, 1.165) is 73.7 Å². The zero-order valence-electron chi connectivity index (χ0n) is 23.8. The van der Waals surface area contributed by atoms with Crippen LogP contribution in [-0.4, -0.2) is 5.97 Å². The zero-order valence-corrected chi connectivity index (χ0v) is 23.8. The maximum atomic E-state index is 14.8. The van der Waals surface area contributed by atoms with Crippen LogP contribution in [-0.2, 0) is 11.2 Å². The predicted octanol–water partition coefficient (Wildman–Crippen LogP) is 10.1. The van der Waals surface area contributed by atoms with Crippen molar-refractivity contribution in [2.24, 2.45) is 35.5 Å². The Morgan fingerprint density at radius 1 is 0.757 bits per heavy atom. The van der Waals surface area contributed by atoms with E-state index in [0.29, 0.717) is 5.75 Å². The van der Waals surface area contributed by atoms with Crippen LogP contribution in [0.3, 0.4) is 0 Å². The Morgan fingerprint density at radius 3 is 1.92 bits per heavy atom. The Bertz CT molecular complexity index is 811. The number of carbonyl (C=O) groups excluding carboxylic acids is 1. The van der Waals surface area contributed by atoms with Crippen molar-refractivity contribution in [2.75, 3.05) is 0 Å². The molecule has 0 aliphatic heterocycles. The summed E-state index contributed by atoms with van der Waals surface area (Å²) in [6.07, 6.45) is 23.7. The van der Waals surface area contributed by atoms with Gasteiger partial charge in [0.1, 0.15) is 11.6 Å². The lowest BCUT2D eigenvalue weighted by Crippen LogP contribution is -2.30. The molecule has 0 heterocycles. The number of halogens is 1. The Hall–Kier alpha value is -1.38. The molecule has 1 aromatic carbocycles. The molecule has 0 atom stereocenters. The monoisotopic (exact) mass is 512 g/mol. The van der Waals surface area contributed by atoms with Crippen LogP contribution < -0.4 is 4.74 Å². The fraction of sp³-hybridized carbons (Fsp3) is 0.794. The second kappa shape index (κ2) is 14.7. The Labute approximate surface area is 226 Å². The fourth-order valence-electron chi connectivity index (χ4n) is 7.84. The number of hydrogen-bond donors (Lipinski definition) is 0. The van der Waals surface area contributed by atoms with Gasteiger partial charge < -0.3 is 4.74 Å². The highest BCUT2D eigenvalue weighted by Gasteiger charge is 2.33. The number of aryl methyl sites for hydroxylation is 1. The summed E-state index contributed by atoms with van der Waals surface area (Å²) in [5.41, 5.74) is 0.766.